The van der Waals surface area contributed by atoms with E-state index in [4.69, 9.17) is 16.3 Å². The van der Waals surface area contributed by atoms with Gasteiger partial charge in [0.25, 0.3) is 10.0 Å². The van der Waals surface area contributed by atoms with Gasteiger partial charge in [-0.25, -0.2) is 13.4 Å². The zero-order valence-corrected chi connectivity index (χ0v) is 20.7. The predicted octanol–water partition coefficient (Wildman–Crippen LogP) is 5.25. The number of sulfonamides is 1. The van der Waals surface area contributed by atoms with Crippen molar-refractivity contribution in [1.29, 1.82) is 0 Å². The van der Waals surface area contributed by atoms with Crippen molar-refractivity contribution in [2.45, 2.75) is 4.90 Å². The summed E-state index contributed by atoms with van der Waals surface area (Å²) in [6, 6.07) is 19.7. The van der Waals surface area contributed by atoms with E-state index in [1.54, 1.807) is 54.7 Å². The number of aromatic nitrogens is 2. The van der Waals surface area contributed by atoms with Crippen molar-refractivity contribution in [1.82, 2.24) is 9.97 Å². The Kier molecular flexibility index (Phi) is 7.33. The number of halogens is 1. The molecule has 10 heteroatoms. The van der Waals surface area contributed by atoms with Crippen LogP contribution in [0.4, 0.5) is 11.4 Å². The normalized spacial score (nSPS) is 10.9. The number of anilines is 2. The van der Waals surface area contributed by atoms with E-state index in [0.717, 1.165) is 0 Å². The number of hydrogen-bond acceptors (Lipinski definition) is 7. The van der Waals surface area contributed by atoms with Crippen molar-refractivity contribution < 1.29 is 17.9 Å². The van der Waals surface area contributed by atoms with E-state index in [0.29, 0.717) is 33.2 Å². The molecule has 0 radical (unpaired) electrons. The minimum Gasteiger partial charge on any atom is -0.480 e. The highest BCUT2D eigenvalue weighted by atomic mass is 35.5. The van der Waals surface area contributed by atoms with Gasteiger partial charge in [0.1, 0.15) is 0 Å². The molecule has 0 saturated carbocycles. The highest BCUT2D eigenvalue weighted by Gasteiger charge is 2.23. The van der Waals surface area contributed by atoms with Gasteiger partial charge in [-0.2, -0.15) is 0 Å². The van der Waals surface area contributed by atoms with Crippen LogP contribution in [0.2, 0.25) is 5.02 Å². The summed E-state index contributed by atoms with van der Waals surface area (Å²) in [5.41, 5.74) is 2.09. The summed E-state index contributed by atoms with van der Waals surface area (Å²) in [5, 5.41) is 3.48. The third-order valence-electron chi connectivity index (χ3n) is 5.07. The van der Waals surface area contributed by atoms with E-state index in [-0.39, 0.29) is 22.3 Å². The third-order valence-corrected chi connectivity index (χ3v) is 6.69. The monoisotopic (exact) mass is 520 g/mol. The molecule has 36 heavy (non-hydrogen) atoms. The van der Waals surface area contributed by atoms with E-state index >= 15 is 0 Å². The molecular weight excluding hydrogens is 500 g/mol. The largest absolute Gasteiger partial charge is 0.480 e. The molecule has 2 aromatic carbocycles. The maximum Gasteiger partial charge on any atom is 0.267 e. The van der Waals surface area contributed by atoms with Crippen molar-refractivity contribution >= 4 is 44.5 Å². The zero-order chi connectivity index (χ0) is 25.7. The van der Waals surface area contributed by atoms with Crippen LogP contribution in [0, 0.1) is 0 Å². The van der Waals surface area contributed by atoms with Crippen molar-refractivity contribution in [2.75, 3.05) is 17.1 Å². The number of nitrogens with zero attached hydrogens (tertiary/aromatic N) is 2. The molecule has 2 heterocycles. The molecule has 4 rings (SSSR count). The molecule has 182 valence electrons. The van der Waals surface area contributed by atoms with Gasteiger partial charge in [0.05, 0.1) is 35.9 Å². The summed E-state index contributed by atoms with van der Waals surface area (Å²) < 4.78 is 33.9. The van der Waals surface area contributed by atoms with Crippen LogP contribution < -0.4 is 14.8 Å². The molecule has 8 nitrogen and oxygen atoms in total. The minimum absolute atomic E-state index is 0.0922. The maximum absolute atomic E-state index is 13.1. The number of nitrogens with one attached hydrogen (secondary N) is 2. The number of benzene rings is 2. The van der Waals surface area contributed by atoms with Crippen LogP contribution >= 0.6 is 11.6 Å². The van der Waals surface area contributed by atoms with Crippen LogP contribution in [0.5, 0.6) is 5.88 Å². The van der Waals surface area contributed by atoms with Gasteiger partial charge in [0, 0.05) is 22.5 Å². The number of rotatable bonds is 9. The molecule has 0 fully saturated rings. The molecular formula is C26H21ClN4O4S. The van der Waals surface area contributed by atoms with E-state index in [9.17, 15) is 13.2 Å². The summed E-state index contributed by atoms with van der Waals surface area (Å²) in [6.45, 7) is 4.00. The first kappa shape index (κ1) is 24.9. The summed E-state index contributed by atoms with van der Waals surface area (Å²) in [4.78, 5) is 21.3. The Morgan fingerprint density at radius 3 is 2.39 bits per heavy atom. The molecule has 0 aliphatic heterocycles. The van der Waals surface area contributed by atoms with Gasteiger partial charge in [-0.3, -0.25) is 14.5 Å². The summed E-state index contributed by atoms with van der Waals surface area (Å²) in [7, 11) is -2.75. The molecule has 0 amide bonds. The van der Waals surface area contributed by atoms with Crippen LogP contribution in [0.15, 0.2) is 96.7 Å². The smallest absolute Gasteiger partial charge is 0.267 e. The number of methoxy groups -OCH3 is 1. The lowest BCUT2D eigenvalue weighted by atomic mass is 10.0. The lowest BCUT2D eigenvalue weighted by molar-refractivity contribution is 0.103. The summed E-state index contributed by atoms with van der Waals surface area (Å²) in [6.07, 6.45) is 2.94. The molecule has 0 spiro atoms. The van der Waals surface area contributed by atoms with E-state index in [1.807, 2.05) is 6.07 Å². The van der Waals surface area contributed by atoms with Gasteiger partial charge in [0.15, 0.2) is 10.7 Å². The second-order valence-corrected chi connectivity index (χ2v) is 9.63. The quantitative estimate of drug-likeness (QED) is 0.290. The van der Waals surface area contributed by atoms with Crippen molar-refractivity contribution in [3.05, 3.63) is 114 Å². The Hall–Kier alpha value is -4.21. The van der Waals surface area contributed by atoms with Gasteiger partial charge in [-0.15, -0.1) is 0 Å². The molecule has 4 aromatic rings. The minimum atomic E-state index is -4.07. The van der Waals surface area contributed by atoms with Crippen molar-refractivity contribution in [2.24, 2.45) is 0 Å². The van der Waals surface area contributed by atoms with Crippen LogP contribution in [0.25, 0.3) is 5.70 Å². The van der Waals surface area contributed by atoms with Gasteiger partial charge in [-0.1, -0.05) is 48.5 Å². The van der Waals surface area contributed by atoms with E-state index < -0.39 is 10.0 Å². The first-order valence-corrected chi connectivity index (χ1v) is 12.5. The number of carbonyl (C=O) groups is 1. The Bertz CT molecular complexity index is 1530. The molecule has 0 aliphatic carbocycles. The number of ether oxygens (including phenoxy) is 1. The molecule has 0 bridgehead atoms. The number of pyridine rings is 2. The molecule has 0 unspecified atom stereocenters. The fourth-order valence-corrected chi connectivity index (χ4v) is 4.71. The molecule has 0 aliphatic rings. The fraction of sp³-hybridized carbons (Fsp3) is 0.0385. The van der Waals surface area contributed by atoms with Gasteiger partial charge in [-0.05, 0) is 42.5 Å². The summed E-state index contributed by atoms with van der Waals surface area (Å²) >= 11 is 5.88. The first-order chi connectivity index (χ1) is 17.3. The fourth-order valence-electron chi connectivity index (χ4n) is 3.38. The Morgan fingerprint density at radius 1 is 0.972 bits per heavy atom. The standard InChI is InChI=1S/C26H21ClN4O4S/c1-17(24-22(9-6-14-28-24)25(32)18-7-4-3-5-8-18)30-21-15-23(26(35-2)29-16-21)36(33,34)31-20-12-10-19(27)11-13-20/h3-16,30-31H,1H2,2H3. The Morgan fingerprint density at radius 2 is 1.69 bits per heavy atom. The molecule has 0 atom stereocenters. The van der Waals surface area contributed by atoms with Gasteiger partial charge < -0.3 is 10.1 Å². The highest BCUT2D eigenvalue weighted by Crippen LogP contribution is 2.29. The van der Waals surface area contributed by atoms with Gasteiger partial charge >= 0.3 is 0 Å². The second-order valence-electron chi connectivity index (χ2n) is 7.54. The van der Waals surface area contributed by atoms with Crippen LogP contribution in [0.3, 0.4) is 0 Å². The van der Waals surface area contributed by atoms with Crippen molar-refractivity contribution in [3.8, 4) is 5.88 Å². The Balaban J connectivity index is 1.63. The van der Waals surface area contributed by atoms with Crippen LogP contribution in [-0.2, 0) is 10.0 Å². The van der Waals surface area contributed by atoms with E-state index in [2.05, 4.69) is 26.6 Å². The molecule has 2 aromatic heterocycles. The zero-order valence-electron chi connectivity index (χ0n) is 19.1. The van der Waals surface area contributed by atoms with Crippen molar-refractivity contribution in [3.63, 3.8) is 0 Å². The van der Waals surface area contributed by atoms with Gasteiger partial charge in [0.2, 0.25) is 5.88 Å². The lowest BCUT2D eigenvalue weighted by Crippen LogP contribution is -2.15. The van der Waals surface area contributed by atoms with E-state index in [1.165, 1.54) is 31.5 Å². The average Bonchev–Trinajstić information content (AvgIpc) is 2.90. The van der Waals surface area contributed by atoms with Crippen LogP contribution in [0.1, 0.15) is 21.6 Å². The number of hydrogen-bond donors (Lipinski definition) is 2. The summed E-state index contributed by atoms with van der Waals surface area (Å²) in [5.74, 6) is -0.310. The highest BCUT2D eigenvalue weighted by molar-refractivity contribution is 7.92. The molecule has 2 N–H and O–H groups in total. The second kappa shape index (κ2) is 10.6. The predicted molar refractivity (Wildman–Crippen MR) is 140 cm³/mol. The number of ketones is 1. The topological polar surface area (TPSA) is 110 Å². The number of carbonyl (C=O) groups excluding carboxylic acids is 1. The average molecular weight is 521 g/mol. The third kappa shape index (κ3) is 5.54. The van der Waals surface area contributed by atoms with Crippen LogP contribution in [-0.4, -0.2) is 31.3 Å². The lowest BCUT2D eigenvalue weighted by Gasteiger charge is -2.15. The SMILES string of the molecule is C=C(Nc1cnc(OC)c(S(=O)(=O)Nc2ccc(Cl)cc2)c1)c1ncccc1C(=O)c1ccccc1. The maximum atomic E-state index is 13.1. The molecule has 0 saturated heterocycles. The first-order valence-electron chi connectivity index (χ1n) is 10.6. The Labute approximate surface area is 213 Å².